The molecule has 1 aliphatic heterocycles. The fraction of sp³-hybridized carbons (Fsp3) is 0.286. The Morgan fingerprint density at radius 3 is 2.57 bits per heavy atom. The largest absolute Gasteiger partial charge is 0.394 e. The minimum Gasteiger partial charge on any atom is -0.394 e. The predicted molar refractivity (Wildman–Crippen MR) is 103 cm³/mol. The predicted octanol–water partition coefficient (Wildman–Crippen LogP) is 1.48. The second-order valence-electron chi connectivity index (χ2n) is 6.75. The molecule has 3 atom stereocenters. The van der Waals surface area contributed by atoms with Gasteiger partial charge in [0.2, 0.25) is 5.91 Å². The quantitative estimate of drug-likeness (QED) is 0.593. The smallest absolute Gasteiger partial charge is 0.270 e. The molecule has 0 spiro atoms. The fourth-order valence-electron chi connectivity index (χ4n) is 3.03. The summed E-state index contributed by atoms with van der Waals surface area (Å²) in [7, 11) is 0. The van der Waals surface area contributed by atoms with Crippen LogP contribution < -0.4 is 10.6 Å². The molecule has 1 aromatic carbocycles. The highest BCUT2D eigenvalue weighted by atomic mass is 19.1. The molecule has 0 aliphatic carbocycles. The Balaban J connectivity index is 1.53. The molecule has 0 saturated heterocycles. The molecule has 3 N–H and O–H groups in total. The number of nitrogens with one attached hydrogen (secondary N) is 2. The third kappa shape index (κ3) is 5.91. The number of hydrogen-bond acceptors (Lipinski definition) is 5. The highest BCUT2D eigenvalue weighted by molar-refractivity contribution is 5.92. The number of ether oxygens (including phenoxy) is 1. The SMILES string of the molecule is O=C(C[C@@H]1C=C[C@H](NC(=O)c2ccccn2)[C@@H](CO)O1)NCc1cc(F)cc(F)c1. The molecule has 2 heterocycles. The molecule has 2 amide bonds. The molecule has 7 nitrogen and oxygen atoms in total. The van der Waals surface area contributed by atoms with Crippen LogP contribution >= 0.6 is 0 Å². The summed E-state index contributed by atoms with van der Waals surface area (Å²) in [6.45, 7) is -0.395. The van der Waals surface area contributed by atoms with E-state index in [9.17, 15) is 23.5 Å². The standard InChI is InChI=1S/C21H21F2N3O4/c22-14-7-13(8-15(23)9-14)11-25-20(28)10-16-4-5-17(19(12-27)30-16)26-21(29)18-3-1-2-6-24-18/h1-9,16-17,19,27H,10-12H2,(H,25,28)(H,26,29)/t16-,17-,19+/m0/s1. The number of rotatable bonds is 7. The van der Waals surface area contributed by atoms with Crippen molar-refractivity contribution in [1.82, 2.24) is 15.6 Å². The number of aliphatic hydroxyl groups excluding tert-OH is 1. The molecule has 0 bridgehead atoms. The van der Waals surface area contributed by atoms with Crippen molar-refractivity contribution in [3.8, 4) is 0 Å². The molecule has 30 heavy (non-hydrogen) atoms. The molecule has 9 heteroatoms. The second kappa shape index (κ2) is 10.0. The number of carbonyl (C=O) groups excluding carboxylic acids is 2. The van der Waals surface area contributed by atoms with Gasteiger partial charge >= 0.3 is 0 Å². The lowest BCUT2D eigenvalue weighted by molar-refractivity contribution is -0.125. The van der Waals surface area contributed by atoms with E-state index in [-0.39, 0.29) is 31.2 Å². The monoisotopic (exact) mass is 417 g/mol. The zero-order chi connectivity index (χ0) is 21.5. The van der Waals surface area contributed by atoms with Crippen molar-refractivity contribution in [2.24, 2.45) is 0 Å². The Bertz CT molecular complexity index is 903. The number of nitrogens with zero attached hydrogens (tertiary/aromatic N) is 1. The van der Waals surface area contributed by atoms with Gasteiger partial charge in [0.05, 0.1) is 25.2 Å². The molecule has 158 valence electrons. The van der Waals surface area contributed by atoms with Crippen LogP contribution in [0.15, 0.2) is 54.7 Å². The van der Waals surface area contributed by atoms with Crippen molar-refractivity contribution in [3.63, 3.8) is 0 Å². The fourth-order valence-corrected chi connectivity index (χ4v) is 3.03. The lowest BCUT2D eigenvalue weighted by Gasteiger charge is -2.31. The average Bonchev–Trinajstić information content (AvgIpc) is 2.73. The van der Waals surface area contributed by atoms with E-state index >= 15 is 0 Å². The minimum atomic E-state index is -0.738. The van der Waals surface area contributed by atoms with Crippen LogP contribution in [0.3, 0.4) is 0 Å². The van der Waals surface area contributed by atoms with Gasteiger partial charge in [0.25, 0.3) is 5.91 Å². The van der Waals surface area contributed by atoms with Crippen LogP contribution in [0.4, 0.5) is 8.78 Å². The molecule has 0 unspecified atom stereocenters. The van der Waals surface area contributed by atoms with E-state index in [0.29, 0.717) is 5.56 Å². The topological polar surface area (TPSA) is 101 Å². The van der Waals surface area contributed by atoms with Crippen molar-refractivity contribution in [1.29, 1.82) is 0 Å². The highest BCUT2D eigenvalue weighted by Gasteiger charge is 2.29. The third-order valence-electron chi connectivity index (χ3n) is 4.46. The van der Waals surface area contributed by atoms with Crippen LogP contribution in [0, 0.1) is 11.6 Å². The van der Waals surface area contributed by atoms with Gasteiger partial charge in [0, 0.05) is 18.8 Å². The summed E-state index contributed by atoms with van der Waals surface area (Å²) in [6.07, 6.45) is 3.37. The number of aliphatic hydroxyl groups is 1. The van der Waals surface area contributed by atoms with E-state index in [4.69, 9.17) is 4.74 Å². The van der Waals surface area contributed by atoms with Crippen LogP contribution in [-0.2, 0) is 16.1 Å². The molecule has 0 radical (unpaired) electrons. The maximum absolute atomic E-state index is 13.2. The molecule has 1 aliphatic rings. The summed E-state index contributed by atoms with van der Waals surface area (Å²) in [5.74, 6) is -2.24. The molecule has 1 aromatic heterocycles. The normalized spacial score (nSPS) is 20.6. The van der Waals surface area contributed by atoms with Crippen LogP contribution in [0.25, 0.3) is 0 Å². The molecule has 2 aromatic rings. The van der Waals surface area contributed by atoms with Crippen molar-refractivity contribution < 1.29 is 28.2 Å². The number of hydrogen-bond donors (Lipinski definition) is 3. The first-order valence-electron chi connectivity index (χ1n) is 9.33. The van der Waals surface area contributed by atoms with Gasteiger partial charge in [-0.15, -0.1) is 0 Å². The van der Waals surface area contributed by atoms with Gasteiger partial charge in [-0.2, -0.15) is 0 Å². The van der Waals surface area contributed by atoms with E-state index in [0.717, 1.165) is 18.2 Å². The van der Waals surface area contributed by atoms with Gasteiger partial charge in [-0.1, -0.05) is 18.2 Å². The summed E-state index contributed by atoms with van der Waals surface area (Å²) in [6, 6.07) is 7.38. The average molecular weight is 417 g/mol. The van der Waals surface area contributed by atoms with E-state index in [1.807, 2.05) is 0 Å². The summed E-state index contributed by atoms with van der Waals surface area (Å²) in [5, 5.41) is 14.9. The number of amides is 2. The number of aromatic nitrogens is 1. The Hall–Kier alpha value is -3.17. The second-order valence-corrected chi connectivity index (χ2v) is 6.75. The van der Waals surface area contributed by atoms with Gasteiger partial charge in [-0.05, 0) is 29.8 Å². The van der Waals surface area contributed by atoms with Crippen molar-refractivity contribution >= 4 is 11.8 Å². The molecule has 0 fully saturated rings. The number of halogens is 2. The summed E-state index contributed by atoms with van der Waals surface area (Å²) in [5.41, 5.74) is 0.532. The zero-order valence-corrected chi connectivity index (χ0v) is 15.9. The van der Waals surface area contributed by atoms with E-state index in [2.05, 4.69) is 15.6 Å². The molecular weight excluding hydrogens is 396 g/mol. The van der Waals surface area contributed by atoms with Crippen LogP contribution in [0.5, 0.6) is 0 Å². The van der Waals surface area contributed by atoms with Crippen LogP contribution in [-0.4, -0.2) is 46.8 Å². The maximum atomic E-state index is 13.2. The van der Waals surface area contributed by atoms with E-state index in [1.165, 1.54) is 6.20 Å². The summed E-state index contributed by atoms with van der Waals surface area (Å²) < 4.78 is 32.1. The minimum absolute atomic E-state index is 0.0316. The van der Waals surface area contributed by atoms with Gasteiger partial charge in [0.15, 0.2) is 0 Å². The summed E-state index contributed by atoms with van der Waals surface area (Å²) in [4.78, 5) is 28.3. The van der Waals surface area contributed by atoms with Gasteiger partial charge in [0.1, 0.15) is 23.4 Å². The Labute approximate surface area is 171 Å². The van der Waals surface area contributed by atoms with Gasteiger partial charge in [-0.25, -0.2) is 8.78 Å². The summed E-state index contributed by atoms with van der Waals surface area (Å²) >= 11 is 0. The lowest BCUT2D eigenvalue weighted by atomic mass is 10.0. The Morgan fingerprint density at radius 2 is 1.90 bits per heavy atom. The van der Waals surface area contributed by atoms with Gasteiger partial charge in [-0.3, -0.25) is 14.6 Å². The first-order valence-corrected chi connectivity index (χ1v) is 9.33. The van der Waals surface area contributed by atoms with E-state index in [1.54, 1.807) is 30.4 Å². The first kappa shape index (κ1) is 21.5. The van der Waals surface area contributed by atoms with Crippen molar-refractivity contribution in [2.75, 3.05) is 6.61 Å². The number of carbonyl (C=O) groups is 2. The molecule has 3 rings (SSSR count). The number of pyridine rings is 1. The third-order valence-corrected chi connectivity index (χ3v) is 4.46. The van der Waals surface area contributed by atoms with Gasteiger partial charge < -0.3 is 20.5 Å². The highest BCUT2D eigenvalue weighted by Crippen LogP contribution is 2.16. The van der Waals surface area contributed by atoms with Crippen molar-refractivity contribution in [2.45, 2.75) is 31.2 Å². The molecule has 0 saturated carbocycles. The Morgan fingerprint density at radius 1 is 1.13 bits per heavy atom. The van der Waals surface area contributed by atoms with Crippen LogP contribution in [0.1, 0.15) is 22.5 Å². The van der Waals surface area contributed by atoms with E-state index < -0.39 is 35.8 Å². The molecular formula is C21H21F2N3O4. The first-order chi connectivity index (χ1) is 14.4. The van der Waals surface area contributed by atoms with Crippen molar-refractivity contribution in [3.05, 3.63) is 77.6 Å². The van der Waals surface area contributed by atoms with Crippen LogP contribution in [0.2, 0.25) is 0 Å². The Kier molecular flexibility index (Phi) is 7.21. The lowest BCUT2D eigenvalue weighted by Crippen LogP contribution is -2.49. The maximum Gasteiger partial charge on any atom is 0.270 e. The number of benzene rings is 1. The zero-order valence-electron chi connectivity index (χ0n) is 15.9.